The van der Waals surface area contributed by atoms with Crippen LogP contribution in [0.1, 0.15) is 116 Å². The summed E-state index contributed by atoms with van der Waals surface area (Å²) in [4.78, 5) is 125. The number of carbonyl (C=O) groups excluding carboxylic acids is 9. The van der Waals surface area contributed by atoms with E-state index in [1.54, 1.807) is 38.1 Å². The van der Waals surface area contributed by atoms with Gasteiger partial charge >= 0.3 is 17.9 Å². The second-order valence-corrected chi connectivity index (χ2v) is 26.5. The first-order chi connectivity index (χ1) is 42.9. The number of halogens is 1. The normalized spacial score (nSPS) is 21.9. The van der Waals surface area contributed by atoms with Gasteiger partial charge in [0.05, 0.1) is 88.7 Å². The molecule has 0 unspecified atom stereocenters. The maximum absolute atomic E-state index is 14.0. The largest absolute Gasteiger partial charge is 0.495 e. The Morgan fingerprint density at radius 2 is 1.46 bits per heavy atom. The van der Waals surface area contributed by atoms with E-state index in [4.69, 9.17) is 54.3 Å². The van der Waals surface area contributed by atoms with Gasteiger partial charge in [-0.15, -0.1) is 16.8 Å². The highest BCUT2D eigenvalue weighted by molar-refractivity contribution is 8.01. The number of ether oxygens (including phenoxy) is 8. The van der Waals surface area contributed by atoms with Gasteiger partial charge in [-0.3, -0.25) is 38.5 Å². The van der Waals surface area contributed by atoms with E-state index in [-0.39, 0.29) is 111 Å². The lowest BCUT2D eigenvalue weighted by Gasteiger charge is -2.35. The zero-order valence-electron chi connectivity index (χ0n) is 53.2. The van der Waals surface area contributed by atoms with Gasteiger partial charge in [-0.1, -0.05) is 82.6 Å². The van der Waals surface area contributed by atoms with Crippen molar-refractivity contribution >= 4 is 76.7 Å². The SMILES string of the molecule is COc1ccc(C[C@H]2NC(=O)/C=C/C[C@@H]([C@H](C)[C@H]3O[C@@H]3c3ccc(CN4CCN(C(=O)CCC(C)(C)SCC(=O)NCCOCCOCCOCCOCCC(=O)ON5C(=O)CCC5=O)CC4)cc3)OC(=O)[C@H](CC(C)C)OC(=O)C(C)(C)CNC2=O)cc1Cl. The first-order valence-electron chi connectivity index (χ1n) is 30.9. The molecule has 24 nitrogen and oxygen atoms in total. The maximum atomic E-state index is 14.0. The van der Waals surface area contributed by atoms with E-state index in [9.17, 15) is 43.2 Å². The highest BCUT2D eigenvalue weighted by Gasteiger charge is 2.48. The third-order valence-electron chi connectivity index (χ3n) is 15.6. The minimum atomic E-state index is -1.25. The maximum Gasteiger partial charge on any atom is 0.347 e. The molecule has 6 rings (SSSR count). The molecule has 0 saturated carbocycles. The number of nitrogens with zero attached hydrogens (tertiary/aromatic N) is 3. The van der Waals surface area contributed by atoms with E-state index in [1.165, 1.54) is 24.9 Å². The molecule has 498 valence electrons. The van der Waals surface area contributed by atoms with Crippen molar-refractivity contribution in [2.45, 2.75) is 142 Å². The van der Waals surface area contributed by atoms with Gasteiger partial charge in [-0.2, -0.15) is 0 Å². The average Bonchev–Trinajstić information content (AvgIpc) is 1.67. The molecule has 0 aliphatic carbocycles. The molecule has 0 bridgehead atoms. The van der Waals surface area contributed by atoms with Gasteiger partial charge in [0.15, 0.2) is 6.10 Å². The van der Waals surface area contributed by atoms with Crippen molar-refractivity contribution in [2.75, 3.05) is 105 Å². The molecule has 90 heavy (non-hydrogen) atoms. The van der Waals surface area contributed by atoms with Crippen LogP contribution in [0.4, 0.5) is 0 Å². The van der Waals surface area contributed by atoms with E-state index >= 15 is 0 Å². The molecular formula is C64H91ClN6O18S. The molecule has 0 radical (unpaired) electrons. The molecule has 4 aliphatic rings. The van der Waals surface area contributed by atoms with Gasteiger partial charge in [0.25, 0.3) is 11.8 Å². The molecule has 4 aliphatic heterocycles. The van der Waals surface area contributed by atoms with Crippen molar-refractivity contribution < 1.29 is 85.9 Å². The molecule has 6 amide bonds. The molecule has 0 aromatic heterocycles. The van der Waals surface area contributed by atoms with Crippen LogP contribution in [0.2, 0.25) is 5.02 Å². The molecular weight excluding hydrogens is 1210 g/mol. The van der Waals surface area contributed by atoms with E-state index in [0.29, 0.717) is 93.5 Å². The van der Waals surface area contributed by atoms with Crippen LogP contribution in [0.25, 0.3) is 0 Å². The molecule has 4 heterocycles. The van der Waals surface area contributed by atoms with Gasteiger partial charge in [0, 0.05) is 88.6 Å². The number of hydroxylamine groups is 2. The Labute approximate surface area is 537 Å². The Morgan fingerprint density at radius 3 is 2.09 bits per heavy atom. The molecule has 2 aromatic carbocycles. The number of piperazine rings is 1. The molecule has 3 fully saturated rings. The van der Waals surface area contributed by atoms with Crippen LogP contribution in [0, 0.1) is 17.3 Å². The Morgan fingerprint density at radius 1 is 0.822 bits per heavy atom. The van der Waals surface area contributed by atoms with Crippen LogP contribution in [0.15, 0.2) is 54.6 Å². The van der Waals surface area contributed by atoms with Crippen LogP contribution in [0.5, 0.6) is 5.75 Å². The van der Waals surface area contributed by atoms with Crippen LogP contribution >= 0.6 is 23.4 Å². The monoisotopic (exact) mass is 1300 g/mol. The lowest BCUT2D eigenvalue weighted by Crippen LogP contribution is -2.51. The standard InChI is InChI=1S/C64H91ClN6O18S/c1-42(2)36-51-61(79)86-49(10-9-11-52(72)68-48(38-45-14-17-50(81-8)47(65)37-45)60(78)67-41-63(4,5)62(80)87-51)43(3)58-59(88-58)46-15-12-44(13-16-46)39-69-24-26-70(27-25-69)54(74)20-22-64(6,7)90-40-53(73)66-23-29-83-31-33-85-35-34-84-32-30-82-28-21-57(77)89-71-55(75)18-19-56(71)76/h9,11-17,37,42-43,48-49,51,58-59H,10,18-36,38-41H2,1-8H3,(H,66,73)(H,67,78)(H,68,72)/b11-9+/t43-,48+,49-,51-,58+,59+/m0/s1. The highest BCUT2D eigenvalue weighted by Crippen LogP contribution is 2.45. The fraction of sp³-hybridized carbons (Fsp3) is 0.641. The van der Waals surface area contributed by atoms with Crippen molar-refractivity contribution in [1.82, 2.24) is 30.8 Å². The molecule has 3 saturated heterocycles. The number of hydrogen-bond donors (Lipinski definition) is 3. The Balaban J connectivity index is 0.859. The number of epoxide rings is 1. The second-order valence-electron chi connectivity index (χ2n) is 24.4. The van der Waals surface area contributed by atoms with Crippen molar-refractivity contribution in [3.05, 3.63) is 76.3 Å². The second kappa shape index (κ2) is 36.2. The number of esters is 2. The zero-order valence-corrected chi connectivity index (χ0v) is 54.8. The molecule has 0 spiro atoms. The molecule has 2 aromatic rings. The summed E-state index contributed by atoms with van der Waals surface area (Å²) in [6, 6.07) is 12.3. The summed E-state index contributed by atoms with van der Waals surface area (Å²) in [5.74, 6) is -3.93. The first-order valence-corrected chi connectivity index (χ1v) is 32.3. The predicted molar refractivity (Wildman–Crippen MR) is 332 cm³/mol. The number of cyclic esters (lactones) is 2. The number of benzene rings is 2. The number of imide groups is 1. The summed E-state index contributed by atoms with van der Waals surface area (Å²) in [5.41, 5.74) is 1.48. The Bertz CT molecular complexity index is 2760. The Kier molecular flexibility index (Phi) is 29.3. The summed E-state index contributed by atoms with van der Waals surface area (Å²) in [6.07, 6.45) is 1.73. The van der Waals surface area contributed by atoms with Gasteiger partial charge < -0.3 is 63.6 Å². The lowest BCUT2D eigenvalue weighted by atomic mass is 9.92. The van der Waals surface area contributed by atoms with Gasteiger partial charge in [-0.25, -0.2) is 9.59 Å². The van der Waals surface area contributed by atoms with E-state index in [2.05, 4.69) is 33.0 Å². The van der Waals surface area contributed by atoms with Crippen LogP contribution < -0.4 is 20.7 Å². The van der Waals surface area contributed by atoms with E-state index < -0.39 is 65.2 Å². The molecule has 6 atom stereocenters. The smallest absolute Gasteiger partial charge is 0.347 e. The first kappa shape index (κ1) is 72.9. The summed E-state index contributed by atoms with van der Waals surface area (Å²) in [5, 5.41) is 9.31. The summed E-state index contributed by atoms with van der Waals surface area (Å²) >= 11 is 7.91. The van der Waals surface area contributed by atoms with Crippen LogP contribution in [-0.2, 0) is 94.1 Å². The average molecular weight is 1300 g/mol. The number of methoxy groups -OCH3 is 1. The lowest BCUT2D eigenvalue weighted by molar-refractivity contribution is -0.198. The minimum absolute atomic E-state index is 0.0342. The third-order valence-corrected chi connectivity index (χ3v) is 17.3. The van der Waals surface area contributed by atoms with E-state index in [1.807, 2.05) is 51.7 Å². The van der Waals surface area contributed by atoms with Crippen molar-refractivity contribution in [1.29, 1.82) is 0 Å². The number of hydrogen-bond acceptors (Lipinski definition) is 20. The van der Waals surface area contributed by atoms with E-state index in [0.717, 1.165) is 24.2 Å². The predicted octanol–water partition coefficient (Wildman–Crippen LogP) is 5.24. The number of rotatable bonds is 32. The number of thioether (sulfide) groups is 1. The highest BCUT2D eigenvalue weighted by atomic mass is 35.5. The number of nitrogens with one attached hydrogen (secondary N) is 3. The zero-order chi connectivity index (χ0) is 65.4. The van der Waals surface area contributed by atoms with Crippen molar-refractivity contribution in [3.8, 4) is 5.75 Å². The topological polar surface area (TPSA) is 286 Å². The van der Waals surface area contributed by atoms with Crippen molar-refractivity contribution in [2.24, 2.45) is 17.3 Å². The fourth-order valence-corrected chi connectivity index (χ4v) is 11.1. The van der Waals surface area contributed by atoms with Crippen LogP contribution in [0.3, 0.4) is 0 Å². The van der Waals surface area contributed by atoms with Gasteiger partial charge in [0.2, 0.25) is 23.6 Å². The minimum Gasteiger partial charge on any atom is -0.495 e. The summed E-state index contributed by atoms with van der Waals surface area (Å²) in [6.45, 7) is 19.0. The number of carbonyl (C=O) groups is 9. The summed E-state index contributed by atoms with van der Waals surface area (Å²) in [7, 11) is 1.50. The Hall–Kier alpha value is -6.19. The number of amides is 6. The third kappa shape index (κ3) is 24.5. The van der Waals surface area contributed by atoms with Gasteiger partial charge in [0.1, 0.15) is 24.0 Å². The van der Waals surface area contributed by atoms with Gasteiger partial charge in [-0.05, 0) is 67.5 Å². The van der Waals surface area contributed by atoms with Crippen molar-refractivity contribution in [3.63, 3.8) is 0 Å². The quantitative estimate of drug-likeness (QED) is 0.0365. The molecule has 26 heteroatoms. The van der Waals surface area contributed by atoms with Crippen LogP contribution in [-0.4, -0.2) is 202 Å². The summed E-state index contributed by atoms with van der Waals surface area (Å²) < 4.78 is 45.1. The molecule has 3 N–H and O–H groups in total. The fourth-order valence-electron chi connectivity index (χ4n) is 9.98.